The van der Waals surface area contributed by atoms with Gasteiger partial charge in [0, 0.05) is 42.5 Å². The lowest BCUT2D eigenvalue weighted by atomic mass is 9.99. The lowest BCUT2D eigenvalue weighted by Crippen LogP contribution is -2.32. The van der Waals surface area contributed by atoms with Gasteiger partial charge in [-0.3, -0.25) is 4.98 Å². The first-order valence-corrected chi connectivity index (χ1v) is 8.47. The van der Waals surface area contributed by atoms with Crippen molar-refractivity contribution >= 4 is 5.82 Å². The molecule has 1 aliphatic rings. The highest BCUT2D eigenvalue weighted by molar-refractivity contribution is 5.68. The van der Waals surface area contributed by atoms with E-state index in [1.54, 1.807) is 6.07 Å². The predicted molar refractivity (Wildman–Crippen MR) is 95.4 cm³/mol. The van der Waals surface area contributed by atoms with Crippen LogP contribution in [0.5, 0.6) is 0 Å². The minimum Gasteiger partial charge on any atom is -0.361 e. The summed E-state index contributed by atoms with van der Waals surface area (Å²) in [6.45, 7) is 7.34. The summed E-state index contributed by atoms with van der Waals surface area (Å²) >= 11 is 0. The van der Waals surface area contributed by atoms with E-state index in [-0.39, 0.29) is 0 Å². The summed E-state index contributed by atoms with van der Waals surface area (Å²) in [5.41, 5.74) is 6.46. The monoisotopic (exact) mass is 346 g/mol. The molecule has 26 heavy (non-hydrogen) atoms. The first-order chi connectivity index (χ1) is 12.6. The van der Waals surface area contributed by atoms with Crippen molar-refractivity contribution in [1.29, 1.82) is 5.26 Å². The molecule has 1 aliphatic heterocycles. The van der Waals surface area contributed by atoms with E-state index in [2.05, 4.69) is 31.3 Å². The Hall–Kier alpha value is -3.27. The Bertz CT molecular complexity index is 1010. The third-order valence-electron chi connectivity index (χ3n) is 4.73. The molecule has 7 heteroatoms. The Morgan fingerprint density at radius 2 is 2.04 bits per heavy atom. The van der Waals surface area contributed by atoms with Crippen LogP contribution in [-0.4, -0.2) is 26.9 Å². The van der Waals surface area contributed by atoms with Gasteiger partial charge in [0.2, 0.25) is 0 Å². The van der Waals surface area contributed by atoms with E-state index in [1.807, 2.05) is 33.0 Å². The third kappa shape index (κ3) is 2.69. The molecule has 0 atom stereocenters. The molecule has 4 rings (SSSR count). The Morgan fingerprint density at radius 3 is 2.73 bits per heavy atom. The molecule has 7 nitrogen and oxygen atoms in total. The molecule has 0 N–H and O–H groups in total. The van der Waals surface area contributed by atoms with Gasteiger partial charge in [-0.2, -0.15) is 5.26 Å². The molecule has 3 aromatic heterocycles. The lowest BCUT2D eigenvalue weighted by Gasteiger charge is -2.30. The number of hydrogen-bond acceptors (Lipinski definition) is 7. The van der Waals surface area contributed by atoms with E-state index in [0.717, 1.165) is 52.6 Å². The molecule has 0 saturated carbocycles. The number of fused-ring (bicyclic) bond motifs is 1. The third-order valence-corrected chi connectivity index (χ3v) is 4.73. The van der Waals surface area contributed by atoms with Crippen LogP contribution >= 0.6 is 0 Å². The Labute approximate surface area is 151 Å². The molecule has 0 radical (unpaired) electrons. The second kappa shape index (κ2) is 6.23. The maximum Gasteiger partial charge on any atom is 0.163 e. The van der Waals surface area contributed by atoms with Crippen molar-refractivity contribution in [3.8, 4) is 17.2 Å². The molecule has 0 spiro atoms. The number of aryl methyl sites for hydroxylation is 3. The zero-order chi connectivity index (χ0) is 18.3. The molecular formula is C19H18N6O. The van der Waals surface area contributed by atoms with E-state index in [1.165, 1.54) is 5.56 Å². The lowest BCUT2D eigenvalue weighted by molar-refractivity contribution is 0.393. The van der Waals surface area contributed by atoms with Crippen LogP contribution in [-0.2, 0) is 13.0 Å². The number of nitriles is 1. The van der Waals surface area contributed by atoms with Gasteiger partial charge in [0.25, 0.3) is 0 Å². The van der Waals surface area contributed by atoms with Crippen LogP contribution in [0.25, 0.3) is 11.1 Å². The average molecular weight is 346 g/mol. The van der Waals surface area contributed by atoms with Crippen LogP contribution in [0.2, 0.25) is 0 Å². The summed E-state index contributed by atoms with van der Waals surface area (Å²) in [5.74, 6) is 1.61. The highest BCUT2D eigenvalue weighted by atomic mass is 16.5. The number of anilines is 1. The van der Waals surface area contributed by atoms with Crippen molar-refractivity contribution in [2.45, 2.75) is 33.7 Å². The number of nitrogens with zero attached hydrogens (tertiary/aromatic N) is 6. The minimum atomic E-state index is 0.339. The number of pyridine rings is 1. The van der Waals surface area contributed by atoms with Gasteiger partial charge >= 0.3 is 0 Å². The number of rotatable bonds is 2. The maximum absolute atomic E-state index is 8.97. The summed E-state index contributed by atoms with van der Waals surface area (Å²) in [4.78, 5) is 6.85. The van der Waals surface area contributed by atoms with Gasteiger partial charge < -0.3 is 9.42 Å². The first kappa shape index (κ1) is 16.2. The van der Waals surface area contributed by atoms with Crippen molar-refractivity contribution in [2.75, 3.05) is 11.4 Å². The molecule has 3 aromatic rings. The fourth-order valence-electron chi connectivity index (χ4n) is 3.48. The second-order valence-corrected chi connectivity index (χ2v) is 6.55. The zero-order valence-corrected chi connectivity index (χ0v) is 14.9. The number of aromatic nitrogens is 4. The second-order valence-electron chi connectivity index (χ2n) is 6.55. The fourth-order valence-corrected chi connectivity index (χ4v) is 3.48. The molecule has 0 aliphatic carbocycles. The SMILES string of the molecule is Cc1cc(C#N)nnc1N1CCc2ncc(-c3c(C)noc3C)cc2C1. The number of hydrogen-bond donors (Lipinski definition) is 0. The Morgan fingerprint density at radius 1 is 1.19 bits per heavy atom. The minimum absolute atomic E-state index is 0.339. The van der Waals surface area contributed by atoms with Gasteiger partial charge in [-0.15, -0.1) is 10.2 Å². The quantitative estimate of drug-likeness (QED) is 0.704. The average Bonchev–Trinajstić information content (AvgIpc) is 2.99. The Kier molecular flexibility index (Phi) is 3.88. The molecule has 0 amide bonds. The Balaban J connectivity index is 1.68. The van der Waals surface area contributed by atoms with Crippen LogP contribution in [0.4, 0.5) is 5.82 Å². The van der Waals surface area contributed by atoms with Crippen molar-refractivity contribution in [1.82, 2.24) is 20.3 Å². The molecule has 130 valence electrons. The van der Waals surface area contributed by atoms with Crippen LogP contribution in [0.1, 0.15) is 34.0 Å². The van der Waals surface area contributed by atoms with E-state index in [9.17, 15) is 0 Å². The molecule has 0 bridgehead atoms. The fraction of sp³-hybridized carbons (Fsp3) is 0.316. The normalized spacial score (nSPS) is 13.4. The van der Waals surface area contributed by atoms with Gasteiger partial charge in [-0.1, -0.05) is 5.16 Å². The molecule has 0 unspecified atom stereocenters. The van der Waals surface area contributed by atoms with E-state index in [4.69, 9.17) is 9.78 Å². The molecule has 0 saturated heterocycles. The molecule has 0 aromatic carbocycles. The summed E-state index contributed by atoms with van der Waals surface area (Å²) in [5, 5.41) is 21.2. The molecule has 0 fully saturated rings. The topological polar surface area (TPSA) is 91.7 Å². The largest absolute Gasteiger partial charge is 0.361 e. The van der Waals surface area contributed by atoms with Crippen molar-refractivity contribution in [3.05, 3.63) is 52.3 Å². The van der Waals surface area contributed by atoms with Gasteiger partial charge in [0.05, 0.1) is 5.69 Å². The smallest absolute Gasteiger partial charge is 0.163 e. The van der Waals surface area contributed by atoms with Gasteiger partial charge in [0.15, 0.2) is 11.5 Å². The van der Waals surface area contributed by atoms with Crippen LogP contribution in [0.15, 0.2) is 22.9 Å². The van der Waals surface area contributed by atoms with Crippen molar-refractivity contribution in [3.63, 3.8) is 0 Å². The van der Waals surface area contributed by atoms with E-state index >= 15 is 0 Å². The summed E-state index contributed by atoms with van der Waals surface area (Å²) < 4.78 is 5.29. The zero-order valence-electron chi connectivity index (χ0n) is 14.9. The highest BCUT2D eigenvalue weighted by Gasteiger charge is 2.22. The van der Waals surface area contributed by atoms with Crippen LogP contribution < -0.4 is 4.90 Å². The summed E-state index contributed by atoms with van der Waals surface area (Å²) in [7, 11) is 0. The van der Waals surface area contributed by atoms with Crippen molar-refractivity contribution in [2.24, 2.45) is 0 Å². The van der Waals surface area contributed by atoms with Crippen LogP contribution in [0, 0.1) is 32.1 Å². The van der Waals surface area contributed by atoms with Gasteiger partial charge in [0.1, 0.15) is 11.8 Å². The predicted octanol–water partition coefficient (Wildman–Crippen LogP) is 2.89. The van der Waals surface area contributed by atoms with E-state index < -0.39 is 0 Å². The molecular weight excluding hydrogens is 328 g/mol. The van der Waals surface area contributed by atoms with Gasteiger partial charge in [-0.25, -0.2) is 0 Å². The molecule has 4 heterocycles. The van der Waals surface area contributed by atoms with Crippen molar-refractivity contribution < 1.29 is 4.52 Å². The van der Waals surface area contributed by atoms with Crippen LogP contribution in [0.3, 0.4) is 0 Å². The first-order valence-electron chi connectivity index (χ1n) is 8.47. The van der Waals surface area contributed by atoms with E-state index in [0.29, 0.717) is 12.2 Å². The van der Waals surface area contributed by atoms with Gasteiger partial charge in [-0.05, 0) is 44.0 Å². The highest BCUT2D eigenvalue weighted by Crippen LogP contribution is 2.30. The maximum atomic E-state index is 8.97. The standard InChI is InChI=1S/C19H18N6O/c1-11-6-16(8-20)22-23-19(11)25-5-4-17-15(10-25)7-14(9-21-17)18-12(2)24-26-13(18)3/h6-7,9H,4-5,10H2,1-3H3. The summed E-state index contributed by atoms with van der Waals surface area (Å²) in [6.07, 6.45) is 2.74. The summed E-state index contributed by atoms with van der Waals surface area (Å²) in [6, 6.07) is 5.96.